The van der Waals surface area contributed by atoms with Crippen molar-refractivity contribution >= 4 is 5.91 Å². The molecule has 1 atom stereocenters. The van der Waals surface area contributed by atoms with Crippen molar-refractivity contribution in [2.24, 2.45) is 0 Å². The average Bonchev–Trinajstić information content (AvgIpc) is 1.82. The van der Waals surface area contributed by atoms with Gasteiger partial charge in [-0.05, 0) is 27.7 Å². The second-order valence-electron chi connectivity index (χ2n) is 3.72. The van der Waals surface area contributed by atoms with Gasteiger partial charge in [-0.3, -0.25) is 4.79 Å². The van der Waals surface area contributed by atoms with Crippen molar-refractivity contribution in [2.45, 2.75) is 45.4 Å². The monoisotopic (exact) mass is 175 g/mol. The van der Waals surface area contributed by atoms with Gasteiger partial charge in [0, 0.05) is 6.04 Å². The Hall–Kier alpha value is -0.610. The van der Waals surface area contributed by atoms with Gasteiger partial charge >= 0.3 is 0 Å². The highest BCUT2D eigenvalue weighted by Gasteiger charge is 2.31. The molecule has 0 aromatic rings. The molecule has 0 aliphatic heterocycles. The Morgan fingerprint density at radius 3 is 2.08 bits per heavy atom. The van der Waals surface area contributed by atoms with Crippen molar-refractivity contribution < 1.29 is 15.0 Å². The highest BCUT2D eigenvalue weighted by molar-refractivity contribution is 5.81. The number of aliphatic hydroxyl groups is 2. The van der Waals surface area contributed by atoms with Crippen LogP contribution >= 0.6 is 0 Å². The fourth-order valence-corrected chi connectivity index (χ4v) is 0.684. The molecule has 0 spiro atoms. The summed E-state index contributed by atoms with van der Waals surface area (Å²) in [5.41, 5.74) is -1.39. The molecule has 0 aliphatic carbocycles. The topological polar surface area (TPSA) is 69.6 Å². The van der Waals surface area contributed by atoms with Crippen molar-refractivity contribution in [3.05, 3.63) is 0 Å². The Labute approximate surface area is 72.6 Å². The summed E-state index contributed by atoms with van der Waals surface area (Å²) in [4.78, 5) is 11.1. The number of aliphatic hydroxyl groups excluding tert-OH is 1. The first-order chi connectivity index (χ1) is 5.25. The van der Waals surface area contributed by atoms with E-state index in [0.29, 0.717) is 0 Å². The number of rotatable bonds is 3. The van der Waals surface area contributed by atoms with E-state index in [9.17, 15) is 15.0 Å². The molecule has 1 unspecified atom stereocenters. The molecule has 0 bridgehead atoms. The van der Waals surface area contributed by atoms with Gasteiger partial charge in [0.1, 0.15) is 0 Å². The maximum absolute atomic E-state index is 11.1. The smallest absolute Gasteiger partial charge is 0.252 e. The molecule has 0 aromatic heterocycles. The fourth-order valence-electron chi connectivity index (χ4n) is 0.684. The second-order valence-corrected chi connectivity index (χ2v) is 3.72. The van der Waals surface area contributed by atoms with E-state index in [-0.39, 0.29) is 6.04 Å². The van der Waals surface area contributed by atoms with Crippen molar-refractivity contribution in [3.63, 3.8) is 0 Å². The van der Waals surface area contributed by atoms with Crippen molar-refractivity contribution in [1.29, 1.82) is 0 Å². The number of carbonyl (C=O) groups is 1. The molecule has 3 N–H and O–H groups in total. The van der Waals surface area contributed by atoms with Crippen LogP contribution < -0.4 is 5.32 Å². The molecule has 0 aliphatic rings. The molecule has 4 heteroatoms. The van der Waals surface area contributed by atoms with Gasteiger partial charge in [-0.15, -0.1) is 0 Å². The van der Waals surface area contributed by atoms with Gasteiger partial charge in [0.15, 0.2) is 6.10 Å². The molecule has 0 saturated heterocycles. The van der Waals surface area contributed by atoms with E-state index < -0.39 is 17.6 Å². The lowest BCUT2D eigenvalue weighted by atomic mass is 10.0. The van der Waals surface area contributed by atoms with Crippen LogP contribution in [0.4, 0.5) is 0 Å². The third-order valence-corrected chi connectivity index (χ3v) is 1.35. The van der Waals surface area contributed by atoms with E-state index in [1.165, 1.54) is 13.8 Å². The van der Waals surface area contributed by atoms with E-state index in [4.69, 9.17) is 0 Å². The summed E-state index contributed by atoms with van der Waals surface area (Å²) in [5, 5.41) is 21.0. The van der Waals surface area contributed by atoms with Crippen molar-refractivity contribution in [1.82, 2.24) is 5.32 Å². The number of hydrogen-bond donors (Lipinski definition) is 3. The minimum Gasteiger partial charge on any atom is -0.387 e. The molecule has 4 nitrogen and oxygen atoms in total. The van der Waals surface area contributed by atoms with Gasteiger partial charge in [-0.25, -0.2) is 0 Å². The van der Waals surface area contributed by atoms with Crippen LogP contribution in [-0.2, 0) is 4.79 Å². The van der Waals surface area contributed by atoms with Crippen LogP contribution in [0.3, 0.4) is 0 Å². The summed E-state index contributed by atoms with van der Waals surface area (Å²) < 4.78 is 0. The summed E-state index contributed by atoms with van der Waals surface area (Å²) in [6, 6.07) is -0.0329. The third-order valence-electron chi connectivity index (χ3n) is 1.35. The standard InChI is InChI=1S/C8H17NO3/c1-5(2)9-7(11)6(10)8(3,4)12/h5-6,10,12H,1-4H3,(H,9,11). The number of carbonyl (C=O) groups excluding carboxylic acids is 1. The van der Waals surface area contributed by atoms with Crippen LogP contribution in [0.15, 0.2) is 0 Å². The van der Waals surface area contributed by atoms with Gasteiger partial charge in [0.25, 0.3) is 5.91 Å². The van der Waals surface area contributed by atoms with Crippen LogP contribution in [0, 0.1) is 0 Å². The minimum atomic E-state index is -1.39. The van der Waals surface area contributed by atoms with Gasteiger partial charge in [-0.1, -0.05) is 0 Å². The SMILES string of the molecule is CC(C)NC(=O)C(O)C(C)(C)O. The van der Waals surface area contributed by atoms with Gasteiger partial charge in [-0.2, -0.15) is 0 Å². The first kappa shape index (κ1) is 11.4. The summed E-state index contributed by atoms with van der Waals surface area (Å²) in [6.07, 6.45) is -1.38. The molecule has 0 saturated carbocycles. The Morgan fingerprint density at radius 2 is 1.83 bits per heavy atom. The lowest BCUT2D eigenvalue weighted by Crippen LogP contribution is -2.49. The van der Waals surface area contributed by atoms with E-state index >= 15 is 0 Å². The summed E-state index contributed by atoms with van der Waals surface area (Å²) in [7, 11) is 0. The lowest BCUT2D eigenvalue weighted by Gasteiger charge is -2.24. The molecule has 1 amide bonds. The maximum Gasteiger partial charge on any atom is 0.252 e. The van der Waals surface area contributed by atoms with Gasteiger partial charge in [0.05, 0.1) is 5.60 Å². The molecule has 0 rings (SSSR count). The first-order valence-corrected chi connectivity index (χ1v) is 3.96. The van der Waals surface area contributed by atoms with Crippen molar-refractivity contribution in [3.8, 4) is 0 Å². The molecular weight excluding hydrogens is 158 g/mol. The molecule has 0 radical (unpaired) electrons. The highest BCUT2D eigenvalue weighted by Crippen LogP contribution is 2.07. The quantitative estimate of drug-likeness (QED) is 0.548. The van der Waals surface area contributed by atoms with Gasteiger partial charge in [0.2, 0.25) is 0 Å². The zero-order valence-corrected chi connectivity index (χ0v) is 7.96. The Balaban J connectivity index is 4.12. The molecule has 0 fully saturated rings. The highest BCUT2D eigenvalue weighted by atomic mass is 16.3. The molecule has 12 heavy (non-hydrogen) atoms. The molecular formula is C8H17NO3. The molecule has 0 aromatic carbocycles. The summed E-state index contributed by atoms with van der Waals surface area (Å²) in [6.45, 7) is 6.35. The number of amides is 1. The van der Waals surface area contributed by atoms with Crippen LogP contribution in [0.5, 0.6) is 0 Å². The number of hydrogen-bond acceptors (Lipinski definition) is 3. The predicted molar refractivity (Wildman–Crippen MR) is 45.6 cm³/mol. The van der Waals surface area contributed by atoms with E-state index in [0.717, 1.165) is 0 Å². The fraction of sp³-hybridized carbons (Fsp3) is 0.875. The largest absolute Gasteiger partial charge is 0.387 e. The van der Waals surface area contributed by atoms with Crippen LogP contribution in [0.25, 0.3) is 0 Å². The molecule has 72 valence electrons. The average molecular weight is 175 g/mol. The van der Waals surface area contributed by atoms with E-state index in [2.05, 4.69) is 5.32 Å². The Kier molecular flexibility index (Phi) is 3.67. The third kappa shape index (κ3) is 3.69. The second kappa shape index (κ2) is 3.87. The Morgan fingerprint density at radius 1 is 1.42 bits per heavy atom. The maximum atomic E-state index is 11.1. The Bertz CT molecular complexity index is 160. The summed E-state index contributed by atoms with van der Waals surface area (Å²) >= 11 is 0. The predicted octanol–water partition coefficient (Wildman–Crippen LogP) is -0.357. The zero-order valence-electron chi connectivity index (χ0n) is 7.96. The van der Waals surface area contributed by atoms with Gasteiger partial charge < -0.3 is 15.5 Å². The summed E-state index contributed by atoms with van der Waals surface area (Å²) in [5.74, 6) is -0.544. The van der Waals surface area contributed by atoms with Crippen LogP contribution in [0.2, 0.25) is 0 Å². The van der Waals surface area contributed by atoms with Crippen LogP contribution in [0.1, 0.15) is 27.7 Å². The normalized spacial score (nSPS) is 14.6. The zero-order chi connectivity index (χ0) is 9.94. The number of nitrogens with one attached hydrogen (secondary N) is 1. The molecule has 0 heterocycles. The minimum absolute atomic E-state index is 0.0329. The first-order valence-electron chi connectivity index (χ1n) is 3.96. The lowest BCUT2D eigenvalue weighted by molar-refractivity contribution is -0.142. The van der Waals surface area contributed by atoms with E-state index in [1.54, 1.807) is 13.8 Å². The van der Waals surface area contributed by atoms with Crippen LogP contribution in [-0.4, -0.2) is 33.9 Å². The van der Waals surface area contributed by atoms with E-state index in [1.807, 2.05) is 0 Å². The van der Waals surface area contributed by atoms with Crippen molar-refractivity contribution in [2.75, 3.05) is 0 Å².